The zero-order valence-corrected chi connectivity index (χ0v) is 11.8. The van der Waals surface area contributed by atoms with Gasteiger partial charge < -0.3 is 14.7 Å². The normalized spacial score (nSPS) is 11.3. The van der Waals surface area contributed by atoms with Crippen molar-refractivity contribution in [3.8, 4) is 0 Å². The molecule has 0 unspecified atom stereocenters. The number of hydrogen-bond donors (Lipinski definition) is 2. The Morgan fingerprint density at radius 2 is 2.00 bits per heavy atom. The third-order valence-electron chi connectivity index (χ3n) is 3.48. The number of aryl methyl sites for hydroxylation is 2. The van der Waals surface area contributed by atoms with E-state index in [-0.39, 0.29) is 0 Å². The first-order valence-electron chi connectivity index (χ1n) is 6.78. The topological polar surface area (TPSA) is 66.7 Å². The first kappa shape index (κ1) is 12.0. The van der Waals surface area contributed by atoms with E-state index < -0.39 is 0 Å². The number of nitrogens with zero attached hydrogens (tertiary/aromatic N) is 2. The van der Waals surface area contributed by atoms with Gasteiger partial charge in [0.1, 0.15) is 17.4 Å². The fourth-order valence-corrected chi connectivity index (χ4v) is 2.57. The van der Waals surface area contributed by atoms with Crippen LogP contribution in [0.5, 0.6) is 0 Å². The largest absolute Gasteiger partial charge is 0.443 e. The van der Waals surface area contributed by atoms with E-state index >= 15 is 0 Å². The van der Waals surface area contributed by atoms with E-state index in [9.17, 15) is 0 Å². The van der Waals surface area contributed by atoms with Gasteiger partial charge in [0, 0.05) is 22.8 Å². The first-order valence-corrected chi connectivity index (χ1v) is 6.78. The average molecular weight is 278 g/mol. The molecule has 4 aromatic rings. The van der Waals surface area contributed by atoms with Crippen LogP contribution in [0.1, 0.15) is 11.6 Å². The number of H-pyrrole nitrogens is 1. The molecule has 2 N–H and O–H groups in total. The van der Waals surface area contributed by atoms with Crippen molar-refractivity contribution < 1.29 is 4.42 Å². The summed E-state index contributed by atoms with van der Waals surface area (Å²) in [6.45, 7) is 3.77. The minimum atomic E-state index is 0.615. The van der Waals surface area contributed by atoms with Gasteiger partial charge in [-0.15, -0.1) is 0 Å². The standard InChI is InChI=1S/C16H14N4O/c1-9-8-12-15(18-10(2)19-16(12)21-9)20-14-5-3-4-13-11(14)6-7-17-13/h3-8,17H,1-2H3,(H,18,19,20). The van der Waals surface area contributed by atoms with Crippen LogP contribution in [0.2, 0.25) is 0 Å². The van der Waals surface area contributed by atoms with Crippen molar-refractivity contribution in [2.45, 2.75) is 13.8 Å². The van der Waals surface area contributed by atoms with Crippen molar-refractivity contribution >= 4 is 33.5 Å². The van der Waals surface area contributed by atoms with Crippen LogP contribution in [0, 0.1) is 13.8 Å². The fourth-order valence-electron chi connectivity index (χ4n) is 2.57. The summed E-state index contributed by atoms with van der Waals surface area (Å²) in [5, 5.41) is 5.42. The molecular weight excluding hydrogens is 264 g/mol. The highest BCUT2D eigenvalue weighted by Crippen LogP contribution is 2.29. The van der Waals surface area contributed by atoms with E-state index in [4.69, 9.17) is 4.42 Å². The second-order valence-electron chi connectivity index (χ2n) is 5.06. The summed E-state index contributed by atoms with van der Waals surface area (Å²) in [7, 11) is 0. The number of aromatic amines is 1. The Labute approximate surface area is 121 Å². The molecule has 0 aliphatic rings. The number of furan rings is 1. The Hall–Kier alpha value is -2.82. The summed E-state index contributed by atoms with van der Waals surface area (Å²) in [5.41, 5.74) is 2.71. The van der Waals surface area contributed by atoms with Gasteiger partial charge in [0.2, 0.25) is 5.71 Å². The van der Waals surface area contributed by atoms with Crippen molar-refractivity contribution in [3.05, 3.63) is 48.1 Å². The molecule has 3 heterocycles. The Morgan fingerprint density at radius 1 is 1.10 bits per heavy atom. The van der Waals surface area contributed by atoms with E-state index in [1.807, 2.05) is 50.4 Å². The smallest absolute Gasteiger partial charge is 0.231 e. The molecule has 0 amide bonds. The SMILES string of the molecule is Cc1nc(Nc2cccc3[nH]ccc23)c2cc(C)oc2n1. The average Bonchev–Trinajstić information content (AvgIpc) is 3.04. The highest BCUT2D eigenvalue weighted by atomic mass is 16.3. The third kappa shape index (κ3) is 1.94. The zero-order valence-electron chi connectivity index (χ0n) is 11.8. The molecule has 5 heteroatoms. The van der Waals surface area contributed by atoms with Gasteiger partial charge in [-0.3, -0.25) is 0 Å². The predicted molar refractivity (Wildman–Crippen MR) is 82.9 cm³/mol. The Kier molecular flexibility index (Phi) is 2.47. The van der Waals surface area contributed by atoms with Crippen molar-refractivity contribution in [1.29, 1.82) is 0 Å². The molecule has 0 atom stereocenters. The zero-order chi connectivity index (χ0) is 14.4. The van der Waals surface area contributed by atoms with Gasteiger partial charge in [0.05, 0.1) is 5.39 Å². The minimum Gasteiger partial charge on any atom is -0.443 e. The van der Waals surface area contributed by atoms with Crippen molar-refractivity contribution in [2.75, 3.05) is 5.32 Å². The van der Waals surface area contributed by atoms with Crippen LogP contribution in [-0.2, 0) is 0 Å². The van der Waals surface area contributed by atoms with Gasteiger partial charge in [-0.2, -0.15) is 4.98 Å². The number of aromatic nitrogens is 3. The van der Waals surface area contributed by atoms with Gasteiger partial charge in [-0.05, 0) is 38.1 Å². The van der Waals surface area contributed by atoms with Gasteiger partial charge in [-0.1, -0.05) is 6.07 Å². The van der Waals surface area contributed by atoms with Crippen LogP contribution in [-0.4, -0.2) is 15.0 Å². The molecule has 104 valence electrons. The molecule has 0 saturated carbocycles. The Bertz CT molecular complexity index is 951. The minimum absolute atomic E-state index is 0.615. The molecule has 4 rings (SSSR count). The van der Waals surface area contributed by atoms with Gasteiger partial charge in [-0.25, -0.2) is 4.98 Å². The Balaban J connectivity index is 1.89. The number of nitrogens with one attached hydrogen (secondary N) is 2. The summed E-state index contributed by atoms with van der Waals surface area (Å²) in [5.74, 6) is 2.27. The summed E-state index contributed by atoms with van der Waals surface area (Å²) < 4.78 is 5.60. The van der Waals surface area contributed by atoms with Crippen LogP contribution in [0.4, 0.5) is 11.5 Å². The molecule has 21 heavy (non-hydrogen) atoms. The number of fused-ring (bicyclic) bond motifs is 2. The number of rotatable bonds is 2. The monoisotopic (exact) mass is 278 g/mol. The molecule has 0 saturated heterocycles. The highest BCUT2D eigenvalue weighted by Gasteiger charge is 2.11. The lowest BCUT2D eigenvalue weighted by atomic mass is 10.2. The van der Waals surface area contributed by atoms with E-state index in [0.29, 0.717) is 11.5 Å². The molecule has 0 aliphatic heterocycles. The lowest BCUT2D eigenvalue weighted by Gasteiger charge is -2.08. The summed E-state index contributed by atoms with van der Waals surface area (Å²) in [6, 6.07) is 10.1. The molecule has 0 bridgehead atoms. The van der Waals surface area contributed by atoms with E-state index in [2.05, 4.69) is 20.3 Å². The Morgan fingerprint density at radius 3 is 2.90 bits per heavy atom. The van der Waals surface area contributed by atoms with Crippen LogP contribution < -0.4 is 5.32 Å². The van der Waals surface area contributed by atoms with E-state index in [1.165, 1.54) is 0 Å². The molecule has 0 fully saturated rings. The molecule has 1 aromatic carbocycles. The maximum absolute atomic E-state index is 5.60. The quantitative estimate of drug-likeness (QED) is 0.580. The van der Waals surface area contributed by atoms with E-state index in [1.54, 1.807) is 0 Å². The highest BCUT2D eigenvalue weighted by molar-refractivity contribution is 5.96. The summed E-state index contributed by atoms with van der Waals surface area (Å²) in [4.78, 5) is 12.0. The molecule has 3 aromatic heterocycles. The second kappa shape index (κ2) is 4.34. The molecule has 5 nitrogen and oxygen atoms in total. The number of hydrogen-bond acceptors (Lipinski definition) is 4. The van der Waals surface area contributed by atoms with Crippen LogP contribution in [0.15, 0.2) is 40.9 Å². The molecule has 0 spiro atoms. The van der Waals surface area contributed by atoms with Crippen molar-refractivity contribution in [2.24, 2.45) is 0 Å². The number of anilines is 2. The van der Waals surface area contributed by atoms with Crippen LogP contribution >= 0.6 is 0 Å². The second-order valence-corrected chi connectivity index (χ2v) is 5.06. The lowest BCUT2D eigenvalue weighted by Crippen LogP contribution is -1.98. The van der Waals surface area contributed by atoms with Crippen molar-refractivity contribution in [3.63, 3.8) is 0 Å². The maximum Gasteiger partial charge on any atom is 0.231 e. The summed E-state index contributed by atoms with van der Waals surface area (Å²) >= 11 is 0. The predicted octanol–water partition coefficient (Wildman–Crippen LogP) is 4.06. The van der Waals surface area contributed by atoms with Crippen molar-refractivity contribution in [1.82, 2.24) is 15.0 Å². The van der Waals surface area contributed by atoms with E-state index in [0.717, 1.165) is 33.6 Å². The first-order chi connectivity index (χ1) is 10.2. The van der Waals surface area contributed by atoms with Crippen LogP contribution in [0.25, 0.3) is 22.0 Å². The molecular formula is C16H14N4O. The lowest BCUT2D eigenvalue weighted by molar-refractivity contribution is 0.566. The van der Waals surface area contributed by atoms with Gasteiger partial charge >= 0.3 is 0 Å². The summed E-state index contributed by atoms with van der Waals surface area (Å²) in [6.07, 6.45) is 1.93. The third-order valence-corrected chi connectivity index (χ3v) is 3.48. The van der Waals surface area contributed by atoms with Gasteiger partial charge in [0.25, 0.3) is 0 Å². The fraction of sp³-hybridized carbons (Fsp3) is 0.125. The van der Waals surface area contributed by atoms with Gasteiger partial charge in [0.15, 0.2) is 0 Å². The maximum atomic E-state index is 5.60. The number of benzene rings is 1. The molecule has 0 radical (unpaired) electrons. The molecule has 0 aliphatic carbocycles. The van der Waals surface area contributed by atoms with Crippen LogP contribution in [0.3, 0.4) is 0 Å².